The monoisotopic (exact) mass is 115 g/mol. The molecule has 46 valence electrons. The van der Waals surface area contributed by atoms with Crippen molar-refractivity contribution in [3.8, 4) is 0 Å². The van der Waals surface area contributed by atoms with Crippen LogP contribution in [0.25, 0.3) is 0 Å². The molecule has 0 saturated carbocycles. The lowest BCUT2D eigenvalue weighted by atomic mass is 10.3. The summed E-state index contributed by atoms with van der Waals surface area (Å²) in [7, 11) is 0. The molecule has 0 bridgehead atoms. The molecule has 1 atom stereocenters. The van der Waals surface area contributed by atoms with E-state index in [0.29, 0.717) is 6.42 Å². The zero-order chi connectivity index (χ0) is 5.98. The number of rotatable bonds is 1. The summed E-state index contributed by atoms with van der Waals surface area (Å²) in [5, 5.41) is 2.63. The fourth-order valence-corrected chi connectivity index (χ4v) is 0.739. The highest BCUT2D eigenvalue weighted by atomic mass is 16.2. The highest BCUT2D eigenvalue weighted by molar-refractivity contribution is 5.78. The Morgan fingerprint density at radius 3 is 2.88 bits per heavy atom. The normalized spacial score (nSPS) is 28.1. The van der Waals surface area contributed by atoms with Gasteiger partial charge in [-0.05, 0) is 6.42 Å². The standard InChI is InChI=1S/C4H9N3O/c5-7-3-1-2-4(8)6-3/h3,7H,1-2,5H2,(H,6,8). The first kappa shape index (κ1) is 5.53. The Kier molecular flexibility index (Phi) is 1.45. The molecule has 1 aliphatic heterocycles. The predicted molar refractivity (Wildman–Crippen MR) is 28.5 cm³/mol. The maximum atomic E-state index is 10.4. The molecule has 0 aliphatic carbocycles. The van der Waals surface area contributed by atoms with E-state index in [1.807, 2.05) is 0 Å². The fraction of sp³-hybridized carbons (Fsp3) is 0.750. The molecule has 1 amide bonds. The van der Waals surface area contributed by atoms with Gasteiger partial charge in [0.15, 0.2) is 0 Å². The molecule has 1 aliphatic rings. The number of carbonyl (C=O) groups is 1. The second kappa shape index (κ2) is 2.11. The van der Waals surface area contributed by atoms with Gasteiger partial charge in [-0.1, -0.05) is 0 Å². The number of hydrazine groups is 1. The van der Waals surface area contributed by atoms with Gasteiger partial charge in [-0.15, -0.1) is 0 Å². The van der Waals surface area contributed by atoms with Gasteiger partial charge in [-0.3, -0.25) is 10.6 Å². The van der Waals surface area contributed by atoms with Crippen LogP contribution >= 0.6 is 0 Å². The van der Waals surface area contributed by atoms with Gasteiger partial charge in [-0.25, -0.2) is 5.43 Å². The molecule has 8 heavy (non-hydrogen) atoms. The van der Waals surface area contributed by atoms with Gasteiger partial charge >= 0.3 is 0 Å². The van der Waals surface area contributed by atoms with E-state index < -0.39 is 0 Å². The average molecular weight is 115 g/mol. The van der Waals surface area contributed by atoms with Gasteiger partial charge in [-0.2, -0.15) is 0 Å². The van der Waals surface area contributed by atoms with Crippen molar-refractivity contribution >= 4 is 5.91 Å². The number of hydrogen-bond acceptors (Lipinski definition) is 3. The van der Waals surface area contributed by atoms with Crippen LogP contribution < -0.4 is 16.6 Å². The number of carbonyl (C=O) groups excluding carboxylic acids is 1. The van der Waals surface area contributed by atoms with E-state index in [9.17, 15) is 4.79 Å². The van der Waals surface area contributed by atoms with Crippen LogP contribution in [0.5, 0.6) is 0 Å². The highest BCUT2D eigenvalue weighted by Gasteiger charge is 2.17. The van der Waals surface area contributed by atoms with Crippen molar-refractivity contribution < 1.29 is 4.79 Å². The molecular weight excluding hydrogens is 106 g/mol. The predicted octanol–water partition coefficient (Wildman–Crippen LogP) is -1.31. The SMILES string of the molecule is NNC1CCC(=O)N1. The van der Waals surface area contributed by atoms with Crippen LogP contribution in [-0.2, 0) is 4.79 Å². The van der Waals surface area contributed by atoms with Gasteiger partial charge < -0.3 is 5.32 Å². The summed E-state index contributed by atoms with van der Waals surface area (Å²) in [4.78, 5) is 10.4. The van der Waals surface area contributed by atoms with E-state index in [0.717, 1.165) is 6.42 Å². The lowest BCUT2D eigenvalue weighted by Gasteiger charge is -2.04. The molecular formula is C4H9N3O. The lowest BCUT2D eigenvalue weighted by molar-refractivity contribution is -0.119. The molecule has 4 heteroatoms. The molecule has 1 saturated heterocycles. The van der Waals surface area contributed by atoms with Crippen molar-refractivity contribution in [1.29, 1.82) is 0 Å². The van der Waals surface area contributed by atoms with Crippen LogP contribution in [0.4, 0.5) is 0 Å². The quantitative estimate of drug-likeness (QED) is 0.293. The second-order valence-electron chi connectivity index (χ2n) is 1.83. The van der Waals surface area contributed by atoms with Crippen molar-refractivity contribution in [2.45, 2.75) is 19.0 Å². The minimum atomic E-state index is 0.00231. The Morgan fingerprint density at radius 1 is 1.88 bits per heavy atom. The van der Waals surface area contributed by atoms with Crippen LogP contribution in [0.3, 0.4) is 0 Å². The average Bonchev–Trinajstić information content (AvgIpc) is 2.14. The Hall–Kier alpha value is -0.610. The number of hydrogen-bond donors (Lipinski definition) is 3. The van der Waals surface area contributed by atoms with Crippen LogP contribution in [0, 0.1) is 0 Å². The second-order valence-corrected chi connectivity index (χ2v) is 1.83. The van der Waals surface area contributed by atoms with Gasteiger partial charge in [0, 0.05) is 6.42 Å². The molecule has 0 aromatic rings. The summed E-state index contributed by atoms with van der Waals surface area (Å²) in [5.74, 6) is 5.11. The van der Waals surface area contributed by atoms with Gasteiger partial charge in [0.2, 0.25) is 5.91 Å². The van der Waals surface area contributed by atoms with Crippen molar-refractivity contribution in [3.05, 3.63) is 0 Å². The third kappa shape index (κ3) is 0.962. The summed E-state index contributed by atoms with van der Waals surface area (Å²) in [6.07, 6.45) is 1.40. The van der Waals surface area contributed by atoms with E-state index >= 15 is 0 Å². The Labute approximate surface area is 47.4 Å². The first-order chi connectivity index (χ1) is 3.83. The van der Waals surface area contributed by atoms with E-state index in [4.69, 9.17) is 5.84 Å². The molecule has 0 aromatic carbocycles. The molecule has 0 aromatic heterocycles. The Balaban J connectivity index is 2.32. The van der Waals surface area contributed by atoms with Crippen molar-refractivity contribution in [2.75, 3.05) is 0 Å². The van der Waals surface area contributed by atoms with Crippen LogP contribution in [0.15, 0.2) is 0 Å². The van der Waals surface area contributed by atoms with Crippen LogP contribution in [0.2, 0.25) is 0 Å². The topological polar surface area (TPSA) is 67.1 Å². The Bertz CT molecular complexity index is 103. The molecule has 1 fully saturated rings. The first-order valence-corrected chi connectivity index (χ1v) is 2.58. The summed E-state index contributed by atoms with van der Waals surface area (Å²) in [6.45, 7) is 0. The van der Waals surface area contributed by atoms with Crippen molar-refractivity contribution in [1.82, 2.24) is 10.7 Å². The van der Waals surface area contributed by atoms with E-state index in [2.05, 4.69) is 10.7 Å². The summed E-state index contributed by atoms with van der Waals surface area (Å²) in [6, 6.07) is 0. The third-order valence-electron chi connectivity index (χ3n) is 1.20. The van der Waals surface area contributed by atoms with Gasteiger partial charge in [0.25, 0.3) is 0 Å². The van der Waals surface area contributed by atoms with Gasteiger partial charge in [0.1, 0.15) is 0 Å². The smallest absolute Gasteiger partial charge is 0.221 e. The lowest BCUT2D eigenvalue weighted by Crippen LogP contribution is -2.42. The molecule has 0 radical (unpaired) electrons. The van der Waals surface area contributed by atoms with Crippen molar-refractivity contribution in [3.63, 3.8) is 0 Å². The largest absolute Gasteiger partial charge is 0.340 e. The zero-order valence-corrected chi connectivity index (χ0v) is 4.48. The maximum Gasteiger partial charge on any atom is 0.221 e. The number of nitrogens with two attached hydrogens (primary N) is 1. The molecule has 1 rings (SSSR count). The third-order valence-corrected chi connectivity index (χ3v) is 1.20. The summed E-state index contributed by atoms with van der Waals surface area (Å²) in [5.41, 5.74) is 2.46. The van der Waals surface area contributed by atoms with E-state index in [1.165, 1.54) is 0 Å². The molecule has 4 N–H and O–H groups in total. The van der Waals surface area contributed by atoms with Crippen LogP contribution in [-0.4, -0.2) is 12.1 Å². The van der Waals surface area contributed by atoms with E-state index in [-0.39, 0.29) is 12.1 Å². The number of nitrogens with one attached hydrogen (secondary N) is 2. The highest BCUT2D eigenvalue weighted by Crippen LogP contribution is 2.00. The number of amides is 1. The van der Waals surface area contributed by atoms with E-state index in [1.54, 1.807) is 0 Å². The minimum Gasteiger partial charge on any atom is -0.340 e. The zero-order valence-electron chi connectivity index (χ0n) is 4.48. The van der Waals surface area contributed by atoms with Crippen molar-refractivity contribution in [2.24, 2.45) is 5.84 Å². The molecule has 1 unspecified atom stereocenters. The minimum absolute atomic E-state index is 0.00231. The fourth-order valence-electron chi connectivity index (χ4n) is 0.739. The van der Waals surface area contributed by atoms with Crippen LogP contribution in [0.1, 0.15) is 12.8 Å². The van der Waals surface area contributed by atoms with Gasteiger partial charge in [0.05, 0.1) is 6.17 Å². The maximum absolute atomic E-state index is 10.4. The Morgan fingerprint density at radius 2 is 2.62 bits per heavy atom. The molecule has 4 nitrogen and oxygen atoms in total. The first-order valence-electron chi connectivity index (χ1n) is 2.58. The summed E-state index contributed by atoms with van der Waals surface area (Å²) < 4.78 is 0. The summed E-state index contributed by atoms with van der Waals surface area (Å²) >= 11 is 0. The molecule has 1 heterocycles. The molecule has 0 spiro atoms.